The smallest absolute Gasteiger partial charge is 0.336 e. The second-order valence-electron chi connectivity index (χ2n) is 5.12. The lowest BCUT2D eigenvalue weighted by atomic mass is 10.0. The van der Waals surface area contributed by atoms with Crippen molar-refractivity contribution in [1.29, 1.82) is 0 Å². The Bertz CT molecular complexity index is 536. The molecule has 108 valence electrons. The van der Waals surface area contributed by atoms with E-state index < -0.39 is 5.97 Å². The van der Waals surface area contributed by atoms with E-state index in [1.807, 2.05) is 13.0 Å². The van der Waals surface area contributed by atoms with Crippen molar-refractivity contribution in [2.45, 2.75) is 38.4 Å². The normalized spacial score (nSPS) is 18.6. The van der Waals surface area contributed by atoms with Gasteiger partial charge in [-0.15, -0.1) is 11.8 Å². The molecule has 0 saturated carbocycles. The van der Waals surface area contributed by atoms with E-state index in [1.54, 1.807) is 18.7 Å². The quantitative estimate of drug-likeness (QED) is 0.898. The van der Waals surface area contributed by atoms with Crippen LogP contribution in [0.25, 0.3) is 0 Å². The van der Waals surface area contributed by atoms with Gasteiger partial charge in [-0.1, -0.05) is 6.42 Å². The van der Waals surface area contributed by atoms with Gasteiger partial charge in [-0.05, 0) is 55.7 Å². The van der Waals surface area contributed by atoms with Crippen LogP contribution < -0.4 is 5.32 Å². The maximum absolute atomic E-state index is 12.2. The van der Waals surface area contributed by atoms with Crippen LogP contribution in [0.15, 0.2) is 12.1 Å². The van der Waals surface area contributed by atoms with E-state index in [0.29, 0.717) is 5.69 Å². The highest BCUT2D eigenvalue weighted by molar-refractivity contribution is 8.00. The van der Waals surface area contributed by atoms with Crippen LogP contribution in [0, 0.1) is 13.8 Å². The maximum Gasteiger partial charge on any atom is 0.336 e. The van der Waals surface area contributed by atoms with Gasteiger partial charge in [0.25, 0.3) is 0 Å². The summed E-state index contributed by atoms with van der Waals surface area (Å²) >= 11 is 1.68. The number of thioether (sulfide) groups is 1. The minimum absolute atomic E-state index is 0.0152. The van der Waals surface area contributed by atoms with Gasteiger partial charge in [0.15, 0.2) is 0 Å². The fourth-order valence-electron chi connectivity index (χ4n) is 2.32. The molecule has 2 N–H and O–H groups in total. The van der Waals surface area contributed by atoms with Crippen molar-refractivity contribution in [3.8, 4) is 0 Å². The maximum atomic E-state index is 12.2. The van der Waals surface area contributed by atoms with Crippen molar-refractivity contribution in [3.05, 3.63) is 28.8 Å². The first-order chi connectivity index (χ1) is 9.49. The van der Waals surface area contributed by atoms with Crippen molar-refractivity contribution < 1.29 is 14.7 Å². The SMILES string of the molecule is Cc1cc(NC(=O)C2CCCCS2)cc(C(=O)O)c1C. The van der Waals surface area contributed by atoms with Crippen molar-refractivity contribution in [2.75, 3.05) is 11.1 Å². The first kappa shape index (κ1) is 14.9. The number of anilines is 1. The van der Waals surface area contributed by atoms with E-state index in [9.17, 15) is 14.7 Å². The second-order valence-corrected chi connectivity index (χ2v) is 6.43. The topological polar surface area (TPSA) is 66.4 Å². The Morgan fingerprint density at radius 3 is 2.65 bits per heavy atom. The molecule has 4 nitrogen and oxygen atoms in total. The van der Waals surface area contributed by atoms with Crippen molar-refractivity contribution in [1.82, 2.24) is 0 Å². The molecular weight excluding hydrogens is 274 g/mol. The molecule has 2 rings (SSSR count). The molecule has 1 aliphatic heterocycles. The predicted molar refractivity (Wildman–Crippen MR) is 81.6 cm³/mol. The van der Waals surface area contributed by atoms with Crippen LogP contribution in [0.1, 0.15) is 40.7 Å². The summed E-state index contributed by atoms with van der Waals surface area (Å²) in [5.41, 5.74) is 2.43. The zero-order chi connectivity index (χ0) is 14.7. The minimum atomic E-state index is -0.964. The summed E-state index contributed by atoms with van der Waals surface area (Å²) < 4.78 is 0. The molecule has 1 unspecified atom stereocenters. The number of carboxylic acid groups (broad SMARTS) is 1. The number of amides is 1. The van der Waals surface area contributed by atoms with Crippen LogP contribution in [0.3, 0.4) is 0 Å². The number of hydrogen-bond acceptors (Lipinski definition) is 3. The molecule has 1 aliphatic rings. The minimum Gasteiger partial charge on any atom is -0.478 e. The zero-order valence-corrected chi connectivity index (χ0v) is 12.5. The third-order valence-electron chi connectivity index (χ3n) is 3.64. The van der Waals surface area contributed by atoms with Crippen LogP contribution in [0.2, 0.25) is 0 Å². The van der Waals surface area contributed by atoms with Gasteiger partial charge >= 0.3 is 5.97 Å². The van der Waals surface area contributed by atoms with Crippen LogP contribution in [0.4, 0.5) is 5.69 Å². The standard InChI is InChI=1S/C15H19NO3S/c1-9-7-11(8-12(10(9)2)15(18)19)16-14(17)13-5-3-4-6-20-13/h7-8,13H,3-6H2,1-2H3,(H,16,17)(H,18,19). The monoisotopic (exact) mass is 293 g/mol. The number of carbonyl (C=O) groups excluding carboxylic acids is 1. The Morgan fingerprint density at radius 1 is 1.30 bits per heavy atom. The van der Waals surface area contributed by atoms with E-state index in [2.05, 4.69) is 5.32 Å². The van der Waals surface area contributed by atoms with E-state index in [-0.39, 0.29) is 16.7 Å². The molecule has 1 aromatic rings. The van der Waals surface area contributed by atoms with E-state index in [1.165, 1.54) is 12.5 Å². The lowest BCUT2D eigenvalue weighted by Gasteiger charge is -2.21. The van der Waals surface area contributed by atoms with Gasteiger partial charge in [0, 0.05) is 5.69 Å². The lowest BCUT2D eigenvalue weighted by Crippen LogP contribution is -2.27. The Balaban J connectivity index is 2.16. The number of benzene rings is 1. The predicted octanol–water partition coefficient (Wildman–Crippen LogP) is 3.23. The first-order valence-corrected chi connectivity index (χ1v) is 7.81. The van der Waals surface area contributed by atoms with Crippen molar-refractivity contribution in [2.24, 2.45) is 0 Å². The summed E-state index contributed by atoms with van der Waals surface area (Å²) in [6.45, 7) is 3.63. The molecule has 0 radical (unpaired) electrons. The Labute approximate surface area is 123 Å². The van der Waals surface area contributed by atoms with Gasteiger partial charge in [0.2, 0.25) is 5.91 Å². The summed E-state index contributed by atoms with van der Waals surface area (Å²) in [4.78, 5) is 23.4. The molecule has 0 spiro atoms. The molecule has 0 aromatic heterocycles. The summed E-state index contributed by atoms with van der Waals surface area (Å²) in [5.74, 6) is 0.0359. The van der Waals surface area contributed by atoms with Gasteiger partial charge < -0.3 is 10.4 Å². The molecule has 1 aromatic carbocycles. The highest BCUT2D eigenvalue weighted by atomic mass is 32.2. The highest BCUT2D eigenvalue weighted by Crippen LogP contribution is 2.27. The number of carboxylic acids is 1. The van der Waals surface area contributed by atoms with Gasteiger partial charge in [-0.25, -0.2) is 4.79 Å². The fraction of sp³-hybridized carbons (Fsp3) is 0.467. The number of rotatable bonds is 3. The number of aryl methyl sites for hydroxylation is 1. The van der Waals surface area contributed by atoms with Gasteiger partial charge in [-0.3, -0.25) is 4.79 Å². The molecule has 1 atom stereocenters. The fourth-order valence-corrected chi connectivity index (χ4v) is 3.52. The third-order valence-corrected chi connectivity index (χ3v) is 5.01. The van der Waals surface area contributed by atoms with Crippen LogP contribution in [0.5, 0.6) is 0 Å². The summed E-state index contributed by atoms with van der Waals surface area (Å²) in [7, 11) is 0. The average Bonchev–Trinajstić information content (AvgIpc) is 2.43. The summed E-state index contributed by atoms with van der Waals surface area (Å²) in [6.07, 6.45) is 3.15. The third kappa shape index (κ3) is 3.33. The van der Waals surface area contributed by atoms with Crippen molar-refractivity contribution in [3.63, 3.8) is 0 Å². The molecular formula is C15H19NO3S. The summed E-state index contributed by atoms with van der Waals surface area (Å²) in [5, 5.41) is 12.0. The van der Waals surface area contributed by atoms with E-state index >= 15 is 0 Å². The van der Waals surface area contributed by atoms with E-state index in [0.717, 1.165) is 29.7 Å². The van der Waals surface area contributed by atoms with Crippen LogP contribution in [-0.4, -0.2) is 28.0 Å². The summed E-state index contributed by atoms with van der Waals surface area (Å²) in [6, 6.07) is 3.36. The molecule has 1 saturated heterocycles. The first-order valence-electron chi connectivity index (χ1n) is 6.76. The molecule has 20 heavy (non-hydrogen) atoms. The largest absolute Gasteiger partial charge is 0.478 e. The van der Waals surface area contributed by atoms with Gasteiger partial charge in [-0.2, -0.15) is 0 Å². The zero-order valence-electron chi connectivity index (χ0n) is 11.7. The highest BCUT2D eigenvalue weighted by Gasteiger charge is 2.22. The van der Waals surface area contributed by atoms with Gasteiger partial charge in [0.1, 0.15) is 0 Å². The number of hydrogen-bond donors (Lipinski definition) is 2. The van der Waals surface area contributed by atoms with E-state index in [4.69, 9.17) is 0 Å². The van der Waals surface area contributed by atoms with Crippen LogP contribution in [-0.2, 0) is 4.79 Å². The number of carbonyl (C=O) groups is 2. The molecule has 1 fully saturated rings. The Hall–Kier alpha value is -1.49. The lowest BCUT2D eigenvalue weighted by molar-refractivity contribution is -0.115. The molecule has 1 heterocycles. The van der Waals surface area contributed by atoms with Crippen LogP contribution >= 0.6 is 11.8 Å². The average molecular weight is 293 g/mol. The van der Waals surface area contributed by atoms with Gasteiger partial charge in [0.05, 0.1) is 10.8 Å². The molecule has 0 aliphatic carbocycles. The molecule has 5 heteroatoms. The van der Waals surface area contributed by atoms with Crippen molar-refractivity contribution >= 4 is 29.3 Å². The second kappa shape index (κ2) is 6.31. The number of aromatic carboxylic acids is 1. The molecule has 1 amide bonds. The number of nitrogens with one attached hydrogen (secondary N) is 1. The Kier molecular flexibility index (Phi) is 4.70. The molecule has 0 bridgehead atoms. The Morgan fingerprint density at radius 2 is 2.05 bits per heavy atom.